The van der Waals surface area contributed by atoms with Gasteiger partial charge in [0.05, 0.1) is 11.1 Å². The molecule has 1 atom stereocenters. The van der Waals surface area contributed by atoms with Crippen LogP contribution < -0.4 is 15.4 Å². The van der Waals surface area contributed by atoms with Crippen LogP contribution in [0.25, 0.3) is 0 Å². The Morgan fingerprint density at radius 2 is 2.33 bits per heavy atom. The molecule has 1 saturated heterocycles. The summed E-state index contributed by atoms with van der Waals surface area (Å²) in [6.45, 7) is 2.30. The second-order valence-corrected chi connectivity index (χ2v) is 5.84. The van der Waals surface area contributed by atoms with E-state index in [-0.39, 0.29) is 11.9 Å². The van der Waals surface area contributed by atoms with Gasteiger partial charge in [0.1, 0.15) is 12.4 Å². The molecule has 2 N–H and O–H groups in total. The summed E-state index contributed by atoms with van der Waals surface area (Å²) < 4.78 is 5.61. The molecule has 5 nitrogen and oxygen atoms in total. The summed E-state index contributed by atoms with van der Waals surface area (Å²) in [7, 11) is 3.97. The highest BCUT2D eigenvalue weighted by atomic mass is 35.5. The summed E-state index contributed by atoms with van der Waals surface area (Å²) in [4.78, 5) is 14.0. The molecule has 116 valence electrons. The van der Waals surface area contributed by atoms with Crippen LogP contribution in [0.5, 0.6) is 5.75 Å². The molecule has 0 aliphatic carbocycles. The van der Waals surface area contributed by atoms with Gasteiger partial charge in [0.25, 0.3) is 0 Å². The number of anilines is 1. The summed E-state index contributed by atoms with van der Waals surface area (Å²) in [6, 6.07) is 5.22. The van der Waals surface area contributed by atoms with Crippen LogP contribution in [0.3, 0.4) is 0 Å². The van der Waals surface area contributed by atoms with Crippen LogP contribution >= 0.6 is 11.6 Å². The summed E-state index contributed by atoms with van der Waals surface area (Å²) in [5.74, 6) is 0.625. The number of hydrogen-bond donors (Lipinski definition) is 2. The normalized spacial score (nSPS) is 18.0. The number of benzene rings is 1. The van der Waals surface area contributed by atoms with Gasteiger partial charge >= 0.3 is 0 Å². The number of nitrogens with zero attached hydrogens (tertiary/aromatic N) is 1. The molecule has 1 aliphatic heterocycles. The quantitative estimate of drug-likeness (QED) is 0.843. The summed E-state index contributed by atoms with van der Waals surface area (Å²) in [5, 5.41) is 6.55. The first-order valence-electron chi connectivity index (χ1n) is 7.17. The number of ether oxygens (including phenoxy) is 1. The van der Waals surface area contributed by atoms with E-state index in [1.165, 1.54) is 0 Å². The molecule has 0 unspecified atom stereocenters. The maximum atomic E-state index is 12.0. The predicted octanol–water partition coefficient (Wildman–Crippen LogP) is 1.97. The first-order chi connectivity index (χ1) is 10.1. The van der Waals surface area contributed by atoms with Crippen molar-refractivity contribution >= 4 is 23.2 Å². The molecule has 1 fully saturated rings. The monoisotopic (exact) mass is 311 g/mol. The Kier molecular flexibility index (Phi) is 5.85. The average Bonchev–Trinajstić information content (AvgIpc) is 2.95. The second-order valence-electron chi connectivity index (χ2n) is 5.44. The lowest BCUT2D eigenvalue weighted by atomic mass is 10.2. The first-order valence-corrected chi connectivity index (χ1v) is 7.55. The number of carbonyl (C=O) groups excluding carboxylic acids is 1. The fourth-order valence-electron chi connectivity index (χ4n) is 2.17. The number of halogens is 1. The third-order valence-electron chi connectivity index (χ3n) is 3.37. The molecule has 1 heterocycles. The number of rotatable bonds is 6. The lowest BCUT2D eigenvalue weighted by Crippen LogP contribution is -2.35. The minimum atomic E-state index is -0.0974. The van der Waals surface area contributed by atoms with Gasteiger partial charge in [0, 0.05) is 12.2 Å². The molecule has 0 spiro atoms. The zero-order valence-corrected chi connectivity index (χ0v) is 13.2. The van der Waals surface area contributed by atoms with E-state index in [9.17, 15) is 4.79 Å². The van der Waals surface area contributed by atoms with Crippen LogP contribution in [-0.4, -0.2) is 50.6 Å². The minimum absolute atomic E-state index is 0.00940. The van der Waals surface area contributed by atoms with Gasteiger partial charge in [0.15, 0.2) is 0 Å². The highest BCUT2D eigenvalue weighted by molar-refractivity contribution is 6.32. The molecule has 21 heavy (non-hydrogen) atoms. The van der Waals surface area contributed by atoms with Crippen LogP contribution in [0.4, 0.5) is 5.69 Å². The third kappa shape index (κ3) is 4.88. The van der Waals surface area contributed by atoms with Gasteiger partial charge in [0.2, 0.25) is 5.91 Å². The van der Waals surface area contributed by atoms with Crippen molar-refractivity contribution in [3.05, 3.63) is 23.2 Å². The molecule has 1 amide bonds. The number of carbonyl (C=O) groups is 1. The lowest BCUT2D eigenvalue weighted by Gasteiger charge is -2.14. The summed E-state index contributed by atoms with van der Waals surface area (Å²) in [6.07, 6.45) is 1.92. The van der Waals surface area contributed by atoms with Crippen LogP contribution in [-0.2, 0) is 4.79 Å². The molecule has 1 aliphatic rings. The van der Waals surface area contributed by atoms with Gasteiger partial charge in [-0.15, -0.1) is 0 Å². The number of likely N-dealkylation sites (N-methyl/N-ethyl adjacent to an activating group) is 1. The molecule has 2 rings (SSSR count). The topological polar surface area (TPSA) is 53.6 Å². The maximum absolute atomic E-state index is 12.0. The van der Waals surface area contributed by atoms with E-state index < -0.39 is 0 Å². The largest absolute Gasteiger partial charge is 0.491 e. The molecule has 1 aromatic carbocycles. The fraction of sp³-hybridized carbons (Fsp3) is 0.533. The highest BCUT2D eigenvalue weighted by Gasteiger charge is 2.22. The minimum Gasteiger partial charge on any atom is -0.491 e. The van der Waals surface area contributed by atoms with Crippen molar-refractivity contribution in [1.29, 1.82) is 0 Å². The van der Waals surface area contributed by atoms with Crippen molar-refractivity contribution in [3.63, 3.8) is 0 Å². The van der Waals surface area contributed by atoms with E-state index in [1.54, 1.807) is 12.1 Å². The SMILES string of the molecule is CN(C)CCOc1ccc(NC(=O)[C@@H]2CCCN2)cc1Cl. The Labute approximate surface area is 130 Å². The van der Waals surface area contributed by atoms with Crippen molar-refractivity contribution < 1.29 is 9.53 Å². The third-order valence-corrected chi connectivity index (χ3v) is 3.67. The molecule has 0 bridgehead atoms. The molecule has 1 aromatic rings. The smallest absolute Gasteiger partial charge is 0.241 e. The zero-order valence-electron chi connectivity index (χ0n) is 12.5. The second kappa shape index (κ2) is 7.64. The van der Waals surface area contributed by atoms with Crippen LogP contribution in [0.1, 0.15) is 12.8 Å². The maximum Gasteiger partial charge on any atom is 0.241 e. The van der Waals surface area contributed by atoms with Gasteiger partial charge in [-0.05, 0) is 51.7 Å². The van der Waals surface area contributed by atoms with E-state index in [1.807, 2.05) is 25.1 Å². The van der Waals surface area contributed by atoms with Crippen molar-refractivity contribution in [3.8, 4) is 5.75 Å². The molecule has 6 heteroatoms. The standard InChI is InChI=1S/C15H22ClN3O2/c1-19(2)8-9-21-14-6-5-11(10-12(14)16)18-15(20)13-4-3-7-17-13/h5-6,10,13,17H,3-4,7-9H2,1-2H3,(H,18,20)/t13-/m0/s1. The van der Waals surface area contributed by atoms with Crippen LogP contribution in [0.15, 0.2) is 18.2 Å². The van der Waals surface area contributed by atoms with E-state index in [2.05, 4.69) is 10.6 Å². The predicted molar refractivity (Wildman–Crippen MR) is 85.2 cm³/mol. The van der Waals surface area contributed by atoms with Gasteiger partial charge in [-0.3, -0.25) is 4.79 Å². The molecule has 0 saturated carbocycles. The van der Waals surface area contributed by atoms with E-state index >= 15 is 0 Å². The fourth-order valence-corrected chi connectivity index (χ4v) is 2.41. The van der Waals surface area contributed by atoms with Crippen LogP contribution in [0, 0.1) is 0 Å². The molecule has 0 aromatic heterocycles. The Hall–Kier alpha value is -1.30. The van der Waals surface area contributed by atoms with Crippen molar-refractivity contribution in [1.82, 2.24) is 10.2 Å². The van der Waals surface area contributed by atoms with Gasteiger partial charge in [-0.2, -0.15) is 0 Å². The average molecular weight is 312 g/mol. The molecular formula is C15H22ClN3O2. The molecular weight excluding hydrogens is 290 g/mol. The van der Waals surface area contributed by atoms with E-state index in [0.29, 0.717) is 23.1 Å². The van der Waals surface area contributed by atoms with Gasteiger partial charge in [-0.25, -0.2) is 0 Å². The Balaban J connectivity index is 1.90. The van der Waals surface area contributed by atoms with Crippen LogP contribution in [0.2, 0.25) is 5.02 Å². The lowest BCUT2D eigenvalue weighted by molar-refractivity contribution is -0.117. The Morgan fingerprint density at radius 1 is 1.52 bits per heavy atom. The van der Waals surface area contributed by atoms with Gasteiger partial charge < -0.3 is 20.3 Å². The number of amides is 1. The first kappa shape index (κ1) is 16.1. The highest BCUT2D eigenvalue weighted by Crippen LogP contribution is 2.27. The molecule has 0 radical (unpaired) electrons. The number of hydrogen-bond acceptors (Lipinski definition) is 4. The van der Waals surface area contributed by atoms with Crippen molar-refractivity contribution in [2.75, 3.05) is 39.1 Å². The van der Waals surface area contributed by atoms with Gasteiger partial charge in [-0.1, -0.05) is 11.6 Å². The van der Waals surface area contributed by atoms with E-state index in [4.69, 9.17) is 16.3 Å². The summed E-state index contributed by atoms with van der Waals surface area (Å²) >= 11 is 6.18. The Morgan fingerprint density at radius 3 is 2.95 bits per heavy atom. The Bertz CT molecular complexity index is 488. The zero-order chi connectivity index (χ0) is 15.2. The van der Waals surface area contributed by atoms with E-state index in [0.717, 1.165) is 25.9 Å². The van der Waals surface area contributed by atoms with Crippen molar-refractivity contribution in [2.45, 2.75) is 18.9 Å². The van der Waals surface area contributed by atoms with Crippen molar-refractivity contribution in [2.24, 2.45) is 0 Å². The number of nitrogens with one attached hydrogen (secondary N) is 2. The summed E-state index contributed by atoms with van der Waals surface area (Å²) in [5.41, 5.74) is 0.693.